The zero-order valence-electron chi connectivity index (χ0n) is 6.21. The van der Waals surface area contributed by atoms with Crippen LogP contribution in [0, 0.1) is 11.8 Å². The molecule has 0 amide bonds. The minimum atomic E-state index is 0.926. The van der Waals surface area contributed by atoms with Gasteiger partial charge in [0, 0.05) is 13.1 Å². The number of nitrogens with zero attached hydrogens (tertiary/aromatic N) is 1. The minimum absolute atomic E-state index is 0.926. The molecule has 0 aromatic rings. The Kier molecular flexibility index (Phi) is 1.64. The molecule has 2 aliphatic rings. The molecule has 1 aliphatic heterocycles. The maximum atomic E-state index is 5.33. The molecular weight excluding hydrogens is 126 g/mol. The summed E-state index contributed by atoms with van der Waals surface area (Å²) in [5, 5.41) is 2.14. The van der Waals surface area contributed by atoms with E-state index in [-0.39, 0.29) is 0 Å². The lowest BCUT2D eigenvalue weighted by Gasteiger charge is -2.30. The fraction of sp³-hybridized carbons (Fsp3) is 1.00. The van der Waals surface area contributed by atoms with Crippen LogP contribution in [0.1, 0.15) is 19.3 Å². The second-order valence-corrected chi connectivity index (χ2v) is 3.58. The first kappa shape index (κ1) is 6.58. The van der Waals surface area contributed by atoms with Gasteiger partial charge in [0.1, 0.15) is 0 Å². The zero-order chi connectivity index (χ0) is 6.97. The Labute approximate surface area is 61.5 Å². The Morgan fingerprint density at radius 3 is 2.30 bits per heavy atom. The van der Waals surface area contributed by atoms with Crippen LogP contribution in [0.5, 0.6) is 0 Å². The van der Waals surface area contributed by atoms with Crippen LogP contribution in [0.2, 0.25) is 0 Å². The van der Waals surface area contributed by atoms with E-state index in [2.05, 4.69) is 10.5 Å². The number of piperidine rings is 1. The van der Waals surface area contributed by atoms with E-state index >= 15 is 0 Å². The molecule has 3 heteroatoms. The van der Waals surface area contributed by atoms with E-state index < -0.39 is 0 Å². The van der Waals surface area contributed by atoms with Gasteiger partial charge in [-0.25, -0.2) is 5.01 Å². The fourth-order valence-corrected chi connectivity index (χ4v) is 2.31. The Balaban J connectivity index is 1.96. The van der Waals surface area contributed by atoms with Gasteiger partial charge in [-0.3, -0.25) is 5.84 Å². The molecule has 1 saturated carbocycles. The lowest BCUT2D eigenvalue weighted by atomic mass is 10.0. The van der Waals surface area contributed by atoms with Gasteiger partial charge in [-0.15, -0.1) is 0 Å². The number of rotatable bonds is 1. The summed E-state index contributed by atoms with van der Waals surface area (Å²) in [4.78, 5) is 0. The molecule has 2 atom stereocenters. The highest BCUT2D eigenvalue weighted by Gasteiger charge is 2.32. The summed E-state index contributed by atoms with van der Waals surface area (Å²) in [6.45, 7) is 2.32. The van der Waals surface area contributed by atoms with Crippen LogP contribution in [0.15, 0.2) is 0 Å². The van der Waals surface area contributed by atoms with Crippen molar-refractivity contribution in [2.75, 3.05) is 13.1 Å². The first-order valence-electron chi connectivity index (χ1n) is 4.09. The van der Waals surface area contributed by atoms with Crippen LogP contribution in [-0.2, 0) is 0 Å². The fourth-order valence-electron chi connectivity index (χ4n) is 2.31. The third-order valence-corrected chi connectivity index (χ3v) is 2.79. The molecule has 0 spiro atoms. The highest BCUT2D eigenvalue weighted by Crippen LogP contribution is 2.35. The highest BCUT2D eigenvalue weighted by atomic mass is 15.6. The van der Waals surface area contributed by atoms with Gasteiger partial charge in [0.25, 0.3) is 0 Å². The SMILES string of the molecule is NNN1CC2CCC(C2)C1. The van der Waals surface area contributed by atoms with Crippen LogP contribution >= 0.6 is 0 Å². The molecule has 0 aromatic carbocycles. The van der Waals surface area contributed by atoms with E-state index in [0.29, 0.717) is 0 Å². The Morgan fingerprint density at radius 1 is 1.20 bits per heavy atom. The molecule has 1 aliphatic carbocycles. The monoisotopic (exact) mass is 141 g/mol. The van der Waals surface area contributed by atoms with Crippen LogP contribution in [0.25, 0.3) is 0 Å². The van der Waals surface area contributed by atoms with Gasteiger partial charge in [0.15, 0.2) is 0 Å². The van der Waals surface area contributed by atoms with Gasteiger partial charge in [0.05, 0.1) is 0 Å². The molecule has 2 unspecified atom stereocenters. The largest absolute Gasteiger partial charge is 0.258 e. The van der Waals surface area contributed by atoms with Crippen molar-refractivity contribution in [3.8, 4) is 0 Å². The van der Waals surface area contributed by atoms with E-state index in [1.165, 1.54) is 19.3 Å². The number of hydrazine groups is 2. The molecule has 58 valence electrons. The van der Waals surface area contributed by atoms with Crippen molar-refractivity contribution in [2.45, 2.75) is 19.3 Å². The lowest BCUT2D eigenvalue weighted by molar-refractivity contribution is 0.109. The quantitative estimate of drug-likeness (QED) is 0.402. The predicted octanol–water partition coefficient (Wildman–Crippen LogP) is 0.0966. The van der Waals surface area contributed by atoms with Crippen molar-refractivity contribution in [3.05, 3.63) is 0 Å². The van der Waals surface area contributed by atoms with Crippen molar-refractivity contribution < 1.29 is 0 Å². The number of hydrogen-bond acceptors (Lipinski definition) is 3. The van der Waals surface area contributed by atoms with Crippen molar-refractivity contribution in [3.63, 3.8) is 0 Å². The Morgan fingerprint density at radius 2 is 1.80 bits per heavy atom. The van der Waals surface area contributed by atoms with E-state index in [9.17, 15) is 0 Å². The van der Waals surface area contributed by atoms with Crippen molar-refractivity contribution in [2.24, 2.45) is 17.7 Å². The summed E-state index contributed by atoms with van der Waals surface area (Å²) in [7, 11) is 0. The molecular formula is C7H15N3. The molecule has 10 heavy (non-hydrogen) atoms. The average Bonchev–Trinajstić information content (AvgIpc) is 2.30. The van der Waals surface area contributed by atoms with Crippen LogP contribution < -0.4 is 11.4 Å². The summed E-state index contributed by atoms with van der Waals surface area (Å²) in [6.07, 6.45) is 4.28. The molecule has 0 aromatic heterocycles. The van der Waals surface area contributed by atoms with E-state index in [1.807, 2.05) is 0 Å². The standard InChI is InChI=1S/C7H15N3/c8-9-10-4-6-1-2-7(3-6)5-10/h6-7,9H,1-5,8H2. The van der Waals surface area contributed by atoms with Gasteiger partial charge < -0.3 is 0 Å². The van der Waals surface area contributed by atoms with Crippen molar-refractivity contribution in [1.29, 1.82) is 0 Å². The second kappa shape index (κ2) is 2.49. The van der Waals surface area contributed by atoms with E-state index in [1.54, 1.807) is 0 Å². The summed E-state index contributed by atoms with van der Waals surface area (Å²) in [5.74, 6) is 7.18. The van der Waals surface area contributed by atoms with Crippen LogP contribution in [0.3, 0.4) is 0 Å². The topological polar surface area (TPSA) is 41.3 Å². The average molecular weight is 141 g/mol. The predicted molar refractivity (Wildman–Crippen MR) is 39.7 cm³/mol. The summed E-state index contributed by atoms with van der Waals surface area (Å²) in [5.41, 5.74) is 2.74. The van der Waals surface area contributed by atoms with Gasteiger partial charge in [-0.2, -0.15) is 5.53 Å². The van der Waals surface area contributed by atoms with Crippen molar-refractivity contribution in [1.82, 2.24) is 10.5 Å². The molecule has 2 bridgehead atoms. The molecule has 2 fully saturated rings. The first-order chi connectivity index (χ1) is 4.88. The minimum Gasteiger partial charge on any atom is -0.258 e. The number of fused-ring (bicyclic) bond motifs is 2. The zero-order valence-corrected chi connectivity index (χ0v) is 6.21. The van der Waals surface area contributed by atoms with E-state index in [4.69, 9.17) is 5.84 Å². The molecule has 1 saturated heterocycles. The van der Waals surface area contributed by atoms with Gasteiger partial charge in [-0.05, 0) is 31.1 Å². The summed E-state index contributed by atoms with van der Waals surface area (Å²) >= 11 is 0. The third kappa shape index (κ3) is 1.05. The molecule has 0 radical (unpaired) electrons. The number of nitrogens with one attached hydrogen (secondary N) is 1. The summed E-state index contributed by atoms with van der Waals surface area (Å²) < 4.78 is 0. The molecule has 3 nitrogen and oxygen atoms in total. The Bertz CT molecular complexity index is 114. The normalized spacial score (nSPS) is 40.5. The number of hydrogen-bond donors (Lipinski definition) is 2. The molecule has 3 N–H and O–H groups in total. The second-order valence-electron chi connectivity index (χ2n) is 3.58. The molecule has 1 heterocycles. The highest BCUT2D eigenvalue weighted by molar-refractivity contribution is 4.83. The smallest absolute Gasteiger partial charge is 0.0172 e. The van der Waals surface area contributed by atoms with Gasteiger partial charge in [0.2, 0.25) is 0 Å². The van der Waals surface area contributed by atoms with Crippen LogP contribution in [-0.4, -0.2) is 18.1 Å². The third-order valence-electron chi connectivity index (χ3n) is 2.79. The lowest BCUT2D eigenvalue weighted by Crippen LogP contribution is -2.49. The van der Waals surface area contributed by atoms with E-state index in [0.717, 1.165) is 24.9 Å². The first-order valence-corrected chi connectivity index (χ1v) is 4.09. The van der Waals surface area contributed by atoms with Crippen molar-refractivity contribution >= 4 is 0 Å². The Hall–Kier alpha value is -0.120. The maximum Gasteiger partial charge on any atom is 0.0172 e. The number of nitrogens with two attached hydrogens (primary N) is 1. The summed E-state index contributed by atoms with van der Waals surface area (Å²) in [6, 6.07) is 0. The van der Waals surface area contributed by atoms with Crippen LogP contribution in [0.4, 0.5) is 0 Å². The van der Waals surface area contributed by atoms with Gasteiger partial charge >= 0.3 is 0 Å². The van der Waals surface area contributed by atoms with Gasteiger partial charge in [-0.1, -0.05) is 0 Å². The maximum absolute atomic E-state index is 5.33. The molecule has 2 rings (SSSR count).